The van der Waals surface area contributed by atoms with Crippen LogP contribution in [-0.2, 0) is 4.79 Å². The summed E-state index contributed by atoms with van der Waals surface area (Å²) in [6, 6.07) is 23.7. The van der Waals surface area contributed by atoms with Gasteiger partial charge in [0.25, 0.3) is 0 Å². The number of amides is 1. The third-order valence-corrected chi connectivity index (χ3v) is 5.87. The van der Waals surface area contributed by atoms with Crippen LogP contribution in [0.2, 0.25) is 0 Å². The maximum Gasteiger partial charge on any atom is 0.235 e. The number of hydrogen-bond acceptors (Lipinski definition) is 5. The van der Waals surface area contributed by atoms with Crippen LogP contribution in [0.1, 0.15) is 5.56 Å². The van der Waals surface area contributed by atoms with Crippen LogP contribution in [0.15, 0.2) is 77.3 Å². The van der Waals surface area contributed by atoms with Crippen LogP contribution < -0.4 is 5.32 Å². The molecule has 4 rings (SSSR count). The number of benzene rings is 2. The lowest BCUT2D eigenvalue weighted by molar-refractivity contribution is -0.113. The molecular formula is C22H16N4OS2. The van der Waals surface area contributed by atoms with Crippen molar-refractivity contribution >= 4 is 34.0 Å². The van der Waals surface area contributed by atoms with Crippen molar-refractivity contribution in [3.05, 3.63) is 77.7 Å². The van der Waals surface area contributed by atoms with E-state index in [-0.39, 0.29) is 11.7 Å². The number of carbonyl (C=O) groups excluding carboxylic acids is 1. The molecule has 0 radical (unpaired) electrons. The Hall–Kier alpha value is -3.34. The van der Waals surface area contributed by atoms with Crippen molar-refractivity contribution in [2.24, 2.45) is 0 Å². The van der Waals surface area contributed by atoms with E-state index in [0.717, 1.165) is 22.5 Å². The minimum absolute atomic E-state index is 0.173. The Morgan fingerprint density at radius 3 is 2.45 bits per heavy atom. The van der Waals surface area contributed by atoms with Crippen molar-refractivity contribution in [2.75, 3.05) is 11.1 Å². The third-order valence-electron chi connectivity index (χ3n) is 4.17. The number of imidazole rings is 1. The van der Waals surface area contributed by atoms with Crippen LogP contribution in [0.5, 0.6) is 0 Å². The first-order valence-electron chi connectivity index (χ1n) is 8.85. The number of thioether (sulfide) groups is 1. The van der Waals surface area contributed by atoms with Crippen molar-refractivity contribution in [3.8, 4) is 28.6 Å². The number of aromatic nitrogens is 2. The van der Waals surface area contributed by atoms with E-state index in [1.807, 2.05) is 60.7 Å². The lowest BCUT2D eigenvalue weighted by atomic mass is 10.1. The van der Waals surface area contributed by atoms with Gasteiger partial charge in [0.2, 0.25) is 5.91 Å². The van der Waals surface area contributed by atoms with Crippen LogP contribution in [-0.4, -0.2) is 21.6 Å². The Labute approximate surface area is 176 Å². The minimum atomic E-state index is -0.173. The molecule has 0 aliphatic carbocycles. The Morgan fingerprint density at radius 1 is 1.07 bits per heavy atom. The molecule has 142 valence electrons. The highest BCUT2D eigenvalue weighted by Gasteiger charge is 2.16. The smallest absolute Gasteiger partial charge is 0.235 e. The van der Waals surface area contributed by atoms with Gasteiger partial charge in [0.05, 0.1) is 22.7 Å². The van der Waals surface area contributed by atoms with E-state index >= 15 is 0 Å². The predicted octanol–water partition coefficient (Wildman–Crippen LogP) is 5.41. The summed E-state index contributed by atoms with van der Waals surface area (Å²) in [5.74, 6) is 0.0199. The van der Waals surface area contributed by atoms with E-state index in [1.54, 1.807) is 11.4 Å². The molecule has 5 nitrogen and oxygen atoms in total. The van der Waals surface area contributed by atoms with Gasteiger partial charge in [0.15, 0.2) is 5.16 Å². The molecule has 0 saturated carbocycles. The summed E-state index contributed by atoms with van der Waals surface area (Å²) in [6.07, 6.45) is 0. The Balaban J connectivity index is 1.55. The zero-order valence-electron chi connectivity index (χ0n) is 15.3. The zero-order chi connectivity index (χ0) is 20.1. The normalized spacial score (nSPS) is 10.4. The van der Waals surface area contributed by atoms with Crippen molar-refractivity contribution in [1.29, 1.82) is 5.26 Å². The third kappa shape index (κ3) is 4.40. The number of H-pyrrole nitrogens is 1. The van der Waals surface area contributed by atoms with Gasteiger partial charge in [-0.3, -0.25) is 4.79 Å². The zero-order valence-corrected chi connectivity index (χ0v) is 16.9. The van der Waals surface area contributed by atoms with Gasteiger partial charge in [-0.2, -0.15) is 5.26 Å². The van der Waals surface area contributed by atoms with E-state index in [2.05, 4.69) is 16.4 Å². The van der Waals surface area contributed by atoms with Crippen LogP contribution in [0, 0.1) is 11.3 Å². The number of hydrogen-bond donors (Lipinski definition) is 2. The molecule has 0 aliphatic heterocycles. The van der Waals surface area contributed by atoms with E-state index in [1.165, 1.54) is 23.1 Å². The summed E-state index contributed by atoms with van der Waals surface area (Å²) in [6.45, 7) is 0. The SMILES string of the molecule is N#Cc1ccsc1NC(=O)CSc1nc(-c2ccccc2)c(-c2ccccc2)[nH]1. The van der Waals surface area contributed by atoms with Gasteiger partial charge in [-0.25, -0.2) is 4.98 Å². The minimum Gasteiger partial charge on any atom is -0.332 e. The highest BCUT2D eigenvalue weighted by Crippen LogP contribution is 2.32. The topological polar surface area (TPSA) is 81.6 Å². The monoisotopic (exact) mass is 416 g/mol. The Bertz CT molecular complexity index is 1100. The molecule has 0 atom stereocenters. The average molecular weight is 417 g/mol. The molecule has 0 bridgehead atoms. The summed E-state index contributed by atoms with van der Waals surface area (Å²) in [7, 11) is 0. The first-order chi connectivity index (χ1) is 14.2. The van der Waals surface area contributed by atoms with Crippen molar-refractivity contribution in [1.82, 2.24) is 9.97 Å². The molecule has 4 aromatic rings. The summed E-state index contributed by atoms with van der Waals surface area (Å²) in [5.41, 5.74) is 4.29. The molecule has 0 fully saturated rings. The van der Waals surface area contributed by atoms with Crippen molar-refractivity contribution in [3.63, 3.8) is 0 Å². The summed E-state index contributed by atoms with van der Waals surface area (Å²) in [5, 5.41) is 14.9. The highest BCUT2D eigenvalue weighted by atomic mass is 32.2. The maximum absolute atomic E-state index is 12.3. The lowest BCUT2D eigenvalue weighted by Crippen LogP contribution is -2.13. The highest BCUT2D eigenvalue weighted by molar-refractivity contribution is 7.99. The number of rotatable bonds is 6. The number of nitriles is 1. The van der Waals surface area contributed by atoms with E-state index < -0.39 is 0 Å². The molecule has 7 heteroatoms. The van der Waals surface area contributed by atoms with Crippen LogP contribution in [0.25, 0.3) is 22.5 Å². The molecule has 2 aromatic carbocycles. The van der Waals surface area contributed by atoms with Crippen LogP contribution in [0.3, 0.4) is 0 Å². The van der Waals surface area contributed by atoms with Crippen LogP contribution >= 0.6 is 23.1 Å². The van der Waals surface area contributed by atoms with Gasteiger partial charge in [0.1, 0.15) is 11.1 Å². The van der Waals surface area contributed by atoms with E-state index in [9.17, 15) is 4.79 Å². The maximum atomic E-state index is 12.3. The Kier molecular flexibility index (Phi) is 5.75. The molecule has 0 saturated heterocycles. The number of nitrogens with zero attached hydrogens (tertiary/aromatic N) is 2. The van der Waals surface area contributed by atoms with Gasteiger partial charge in [-0.15, -0.1) is 11.3 Å². The molecule has 29 heavy (non-hydrogen) atoms. The fourth-order valence-electron chi connectivity index (χ4n) is 2.83. The largest absolute Gasteiger partial charge is 0.332 e. The Morgan fingerprint density at radius 2 is 1.76 bits per heavy atom. The predicted molar refractivity (Wildman–Crippen MR) is 118 cm³/mol. The molecular weight excluding hydrogens is 400 g/mol. The molecule has 2 N–H and O–H groups in total. The second-order valence-corrected chi connectivity index (χ2v) is 7.99. The lowest BCUT2D eigenvalue weighted by Gasteiger charge is -2.02. The van der Waals surface area contributed by atoms with Gasteiger partial charge < -0.3 is 10.3 Å². The number of nitrogens with one attached hydrogen (secondary N) is 2. The summed E-state index contributed by atoms with van der Waals surface area (Å²) in [4.78, 5) is 20.4. The van der Waals surface area contributed by atoms with E-state index in [0.29, 0.717) is 15.7 Å². The number of anilines is 1. The summed E-state index contributed by atoms with van der Waals surface area (Å²) >= 11 is 2.67. The molecule has 1 amide bonds. The van der Waals surface area contributed by atoms with Gasteiger partial charge >= 0.3 is 0 Å². The molecule has 2 heterocycles. The first-order valence-corrected chi connectivity index (χ1v) is 10.7. The van der Waals surface area contributed by atoms with E-state index in [4.69, 9.17) is 10.2 Å². The number of aromatic amines is 1. The fourth-order valence-corrected chi connectivity index (χ4v) is 4.25. The van der Waals surface area contributed by atoms with Crippen molar-refractivity contribution in [2.45, 2.75) is 5.16 Å². The molecule has 2 aromatic heterocycles. The molecule has 0 aliphatic rings. The second kappa shape index (κ2) is 8.78. The average Bonchev–Trinajstić information content (AvgIpc) is 3.40. The van der Waals surface area contributed by atoms with Gasteiger partial charge in [-0.1, -0.05) is 72.4 Å². The number of carbonyl (C=O) groups is 1. The quantitative estimate of drug-likeness (QED) is 0.412. The molecule has 0 spiro atoms. The summed E-state index contributed by atoms with van der Waals surface area (Å²) < 4.78 is 0. The van der Waals surface area contributed by atoms with Gasteiger partial charge in [0, 0.05) is 11.1 Å². The van der Waals surface area contributed by atoms with Crippen LogP contribution in [0.4, 0.5) is 5.00 Å². The standard InChI is InChI=1S/C22H16N4OS2/c23-13-17-11-12-28-21(17)24-18(27)14-29-22-25-19(15-7-3-1-4-8-15)20(26-22)16-9-5-2-6-10-16/h1-12H,14H2,(H,24,27)(H,25,26). The second-order valence-electron chi connectivity index (χ2n) is 6.11. The number of thiophene rings is 1. The first kappa shape index (κ1) is 19.0. The fraction of sp³-hybridized carbons (Fsp3) is 0.0455. The molecule has 0 unspecified atom stereocenters. The van der Waals surface area contributed by atoms with Gasteiger partial charge in [-0.05, 0) is 11.4 Å². The van der Waals surface area contributed by atoms with Crippen molar-refractivity contribution < 1.29 is 4.79 Å².